The summed E-state index contributed by atoms with van der Waals surface area (Å²) in [5, 5.41) is 8.09. The monoisotopic (exact) mass is 481 g/mol. The number of halogens is 2. The first-order valence-corrected chi connectivity index (χ1v) is 10.5. The number of aromatic nitrogens is 3. The number of methoxy groups -OCH3 is 2. The zero-order chi connectivity index (χ0) is 22.4. The summed E-state index contributed by atoms with van der Waals surface area (Å²) in [5.41, 5.74) is 5.48. The van der Waals surface area contributed by atoms with Crippen LogP contribution in [-0.4, -0.2) is 47.0 Å². The largest absolute Gasteiger partial charge is 0.496 e. The van der Waals surface area contributed by atoms with Gasteiger partial charge in [0.1, 0.15) is 11.5 Å². The van der Waals surface area contributed by atoms with E-state index in [2.05, 4.69) is 26.0 Å². The van der Waals surface area contributed by atoms with E-state index in [1.165, 1.54) is 20.3 Å². The van der Waals surface area contributed by atoms with Gasteiger partial charge in [0, 0.05) is 10.0 Å². The average molecular weight is 482 g/mol. The van der Waals surface area contributed by atoms with E-state index in [1.807, 2.05) is 0 Å². The zero-order valence-electron chi connectivity index (χ0n) is 16.4. The second-order valence-corrected chi connectivity index (χ2v) is 7.76. The molecule has 1 heterocycles. The highest BCUT2D eigenvalue weighted by molar-refractivity contribution is 7.99. The first-order chi connectivity index (χ1) is 14.9. The standard InChI is InChI=1S/C19H17Cl2N5O4S/c1-29-14-5-3-10(20)7-12(14)17-22-19(26-24-17)31-9-16(27)23-25-18(28)13-8-11(21)4-6-15(13)30-2/h3-8H,9H2,1-2H3,(H,23,27)(H,25,28)(H,22,24,26). The number of amides is 2. The van der Waals surface area contributed by atoms with Crippen molar-refractivity contribution in [2.24, 2.45) is 0 Å². The number of aromatic amines is 1. The van der Waals surface area contributed by atoms with E-state index in [0.29, 0.717) is 38.1 Å². The molecule has 0 radical (unpaired) electrons. The summed E-state index contributed by atoms with van der Waals surface area (Å²) in [5.74, 6) is 0.307. The van der Waals surface area contributed by atoms with Crippen molar-refractivity contribution in [3.63, 3.8) is 0 Å². The SMILES string of the molecule is COc1ccc(Cl)cc1C(=O)NNC(=O)CSc1n[nH]c(-c2cc(Cl)ccc2OC)n1. The first kappa shape index (κ1) is 22.7. The fourth-order valence-electron chi connectivity index (χ4n) is 2.51. The molecule has 3 aromatic rings. The molecule has 0 saturated heterocycles. The number of hydrogen-bond donors (Lipinski definition) is 3. The number of hydrogen-bond acceptors (Lipinski definition) is 7. The van der Waals surface area contributed by atoms with Crippen LogP contribution in [0.25, 0.3) is 11.4 Å². The van der Waals surface area contributed by atoms with Gasteiger partial charge in [-0.3, -0.25) is 25.5 Å². The van der Waals surface area contributed by atoms with Crippen LogP contribution in [-0.2, 0) is 4.79 Å². The van der Waals surface area contributed by atoms with Gasteiger partial charge in [-0.2, -0.15) is 0 Å². The van der Waals surface area contributed by atoms with Gasteiger partial charge in [0.2, 0.25) is 11.1 Å². The molecule has 2 amide bonds. The number of carbonyl (C=O) groups is 2. The van der Waals surface area contributed by atoms with Gasteiger partial charge in [-0.05, 0) is 36.4 Å². The molecule has 0 atom stereocenters. The third kappa shape index (κ3) is 5.81. The average Bonchev–Trinajstić information content (AvgIpc) is 3.25. The Kier molecular flexibility index (Phi) is 7.61. The highest BCUT2D eigenvalue weighted by Crippen LogP contribution is 2.31. The van der Waals surface area contributed by atoms with Gasteiger partial charge in [-0.25, -0.2) is 4.98 Å². The second kappa shape index (κ2) is 10.4. The summed E-state index contributed by atoms with van der Waals surface area (Å²) in [6.07, 6.45) is 0. The molecule has 2 aromatic carbocycles. The minimum atomic E-state index is -0.564. The number of nitrogens with one attached hydrogen (secondary N) is 3. The highest BCUT2D eigenvalue weighted by Gasteiger charge is 2.15. The number of benzene rings is 2. The summed E-state index contributed by atoms with van der Waals surface area (Å²) in [7, 11) is 2.97. The fourth-order valence-corrected chi connectivity index (χ4v) is 3.46. The molecule has 0 bridgehead atoms. The van der Waals surface area contributed by atoms with Crippen molar-refractivity contribution in [3.05, 3.63) is 52.0 Å². The normalized spacial score (nSPS) is 10.5. The van der Waals surface area contributed by atoms with Crippen molar-refractivity contribution in [2.75, 3.05) is 20.0 Å². The minimum absolute atomic E-state index is 0.0308. The molecule has 3 rings (SSSR count). The van der Waals surface area contributed by atoms with Gasteiger partial charge in [0.15, 0.2) is 5.82 Å². The Morgan fingerprint density at radius 2 is 1.71 bits per heavy atom. The number of rotatable bonds is 7. The van der Waals surface area contributed by atoms with Crippen LogP contribution in [0.5, 0.6) is 11.5 Å². The Morgan fingerprint density at radius 3 is 2.42 bits per heavy atom. The minimum Gasteiger partial charge on any atom is -0.496 e. The zero-order valence-corrected chi connectivity index (χ0v) is 18.7. The molecule has 0 unspecified atom stereocenters. The Morgan fingerprint density at radius 1 is 1.03 bits per heavy atom. The van der Waals surface area contributed by atoms with Crippen LogP contribution in [0, 0.1) is 0 Å². The predicted molar refractivity (Wildman–Crippen MR) is 118 cm³/mol. The molecular formula is C19H17Cl2N5O4S. The summed E-state index contributed by atoms with van der Waals surface area (Å²) in [6, 6.07) is 9.71. The van der Waals surface area contributed by atoms with Crippen molar-refractivity contribution in [1.29, 1.82) is 0 Å². The van der Waals surface area contributed by atoms with Crippen molar-refractivity contribution < 1.29 is 19.1 Å². The van der Waals surface area contributed by atoms with E-state index in [4.69, 9.17) is 32.7 Å². The summed E-state index contributed by atoms with van der Waals surface area (Å²) >= 11 is 13.0. The smallest absolute Gasteiger partial charge is 0.273 e. The molecule has 31 heavy (non-hydrogen) atoms. The van der Waals surface area contributed by atoms with Crippen molar-refractivity contribution in [3.8, 4) is 22.9 Å². The Labute approximate surface area is 191 Å². The molecule has 0 fully saturated rings. The van der Waals surface area contributed by atoms with Gasteiger partial charge in [0.05, 0.1) is 31.1 Å². The third-order valence-electron chi connectivity index (χ3n) is 3.94. The lowest BCUT2D eigenvalue weighted by Gasteiger charge is -2.10. The maximum absolute atomic E-state index is 12.3. The number of thioether (sulfide) groups is 1. The molecule has 9 nitrogen and oxygen atoms in total. The Hall–Kier alpha value is -2.95. The van der Waals surface area contributed by atoms with Gasteiger partial charge in [-0.15, -0.1) is 5.10 Å². The van der Waals surface area contributed by atoms with Crippen LogP contribution in [0.2, 0.25) is 10.0 Å². The Balaban J connectivity index is 1.56. The van der Waals surface area contributed by atoms with Crippen molar-refractivity contribution in [1.82, 2.24) is 26.0 Å². The number of H-pyrrole nitrogens is 1. The lowest BCUT2D eigenvalue weighted by Crippen LogP contribution is -2.42. The second-order valence-electron chi connectivity index (χ2n) is 5.95. The van der Waals surface area contributed by atoms with Gasteiger partial charge in [0.25, 0.3) is 5.91 Å². The highest BCUT2D eigenvalue weighted by atomic mass is 35.5. The van der Waals surface area contributed by atoms with Crippen LogP contribution in [0.3, 0.4) is 0 Å². The van der Waals surface area contributed by atoms with Crippen molar-refractivity contribution >= 4 is 46.8 Å². The van der Waals surface area contributed by atoms with E-state index in [-0.39, 0.29) is 11.3 Å². The maximum atomic E-state index is 12.3. The van der Waals surface area contributed by atoms with Crippen LogP contribution >= 0.6 is 35.0 Å². The van der Waals surface area contributed by atoms with E-state index in [9.17, 15) is 9.59 Å². The van der Waals surface area contributed by atoms with E-state index in [0.717, 1.165) is 11.8 Å². The first-order valence-electron chi connectivity index (χ1n) is 8.73. The fraction of sp³-hybridized carbons (Fsp3) is 0.158. The topological polar surface area (TPSA) is 118 Å². The van der Waals surface area contributed by atoms with Crippen LogP contribution in [0.1, 0.15) is 10.4 Å². The van der Waals surface area contributed by atoms with Crippen LogP contribution in [0.4, 0.5) is 0 Å². The number of ether oxygens (including phenoxy) is 2. The predicted octanol–water partition coefficient (Wildman–Crippen LogP) is 3.35. The summed E-state index contributed by atoms with van der Waals surface area (Å²) in [6.45, 7) is 0. The van der Waals surface area contributed by atoms with Gasteiger partial charge >= 0.3 is 0 Å². The summed E-state index contributed by atoms with van der Waals surface area (Å²) in [4.78, 5) is 28.7. The molecule has 0 aliphatic carbocycles. The number of nitrogens with zero attached hydrogens (tertiary/aromatic N) is 2. The molecule has 1 aromatic heterocycles. The third-order valence-corrected chi connectivity index (χ3v) is 5.25. The molecular weight excluding hydrogens is 465 g/mol. The molecule has 12 heteroatoms. The lowest BCUT2D eigenvalue weighted by atomic mass is 10.2. The van der Waals surface area contributed by atoms with Crippen LogP contribution < -0.4 is 20.3 Å². The molecule has 162 valence electrons. The summed E-state index contributed by atoms with van der Waals surface area (Å²) < 4.78 is 10.4. The molecule has 0 aliphatic heterocycles. The molecule has 0 spiro atoms. The lowest BCUT2D eigenvalue weighted by molar-refractivity contribution is -0.119. The van der Waals surface area contributed by atoms with Gasteiger partial charge < -0.3 is 9.47 Å². The molecule has 0 saturated carbocycles. The van der Waals surface area contributed by atoms with Crippen molar-refractivity contribution in [2.45, 2.75) is 5.16 Å². The number of hydrazine groups is 1. The quantitative estimate of drug-likeness (QED) is 0.349. The molecule has 0 aliphatic rings. The number of carbonyl (C=O) groups excluding carboxylic acids is 2. The van der Waals surface area contributed by atoms with E-state index >= 15 is 0 Å². The van der Waals surface area contributed by atoms with E-state index < -0.39 is 11.8 Å². The Bertz CT molecular complexity index is 1110. The molecule has 3 N–H and O–H groups in total. The van der Waals surface area contributed by atoms with Gasteiger partial charge in [-0.1, -0.05) is 35.0 Å². The van der Waals surface area contributed by atoms with E-state index in [1.54, 1.807) is 30.3 Å². The van der Waals surface area contributed by atoms with Crippen LogP contribution in [0.15, 0.2) is 41.6 Å². The maximum Gasteiger partial charge on any atom is 0.273 e.